The molecule has 0 saturated carbocycles. The van der Waals surface area contributed by atoms with Crippen molar-refractivity contribution in [2.24, 2.45) is 0 Å². The number of ether oxygens (including phenoxy) is 4. The van der Waals surface area contributed by atoms with Gasteiger partial charge in [0.05, 0.1) is 33.0 Å². The van der Waals surface area contributed by atoms with E-state index in [4.69, 9.17) is 28.0 Å². The van der Waals surface area contributed by atoms with Crippen LogP contribution in [-0.2, 0) is 61.3 Å². The SMILES string of the molecule is C.CCCCCCCCCCCCCCCCCC(=O)OC[C@H](COP(=O)([O-])OCCNC(=O)COCCOCCNC(=O)CCN1C(=O)C=CC1=O)OC(=O)CCCCCCCCCCCCCCCCC.[Na+]. The number of phosphoric acid groups is 1. The molecule has 0 radical (unpaired) electrons. The van der Waals surface area contributed by atoms with Gasteiger partial charge < -0.3 is 43.5 Å². The van der Waals surface area contributed by atoms with Gasteiger partial charge in [-0.2, -0.15) is 0 Å². The molecule has 2 atom stereocenters. The van der Waals surface area contributed by atoms with Crippen LogP contribution in [0.4, 0.5) is 0 Å². The van der Waals surface area contributed by atoms with E-state index in [1.54, 1.807) is 0 Å². The molecule has 426 valence electrons. The Morgan fingerprint density at radius 2 is 0.932 bits per heavy atom. The zero-order valence-electron chi connectivity index (χ0n) is 45.7. The maximum Gasteiger partial charge on any atom is 1.00 e. The second kappa shape index (κ2) is 52.8. The largest absolute Gasteiger partial charge is 1.00 e. The minimum atomic E-state index is -4.90. The number of unbranched alkanes of at least 4 members (excludes halogenated alkanes) is 28. The number of nitrogens with zero attached hydrogens (tertiary/aromatic N) is 1. The van der Waals surface area contributed by atoms with Crippen LogP contribution in [0.2, 0.25) is 0 Å². The molecule has 0 aromatic carbocycles. The van der Waals surface area contributed by atoms with E-state index < -0.39 is 56.8 Å². The van der Waals surface area contributed by atoms with Gasteiger partial charge in [0, 0.05) is 51.0 Å². The van der Waals surface area contributed by atoms with Gasteiger partial charge in [-0.3, -0.25) is 38.2 Å². The fourth-order valence-corrected chi connectivity index (χ4v) is 8.85. The molecule has 74 heavy (non-hydrogen) atoms. The number of imide groups is 1. The molecule has 0 fully saturated rings. The molecule has 1 aliphatic heterocycles. The number of hydrogen-bond acceptors (Lipinski definition) is 14. The average Bonchev–Trinajstić information content (AvgIpc) is 3.68. The maximum absolute atomic E-state index is 12.8. The Balaban J connectivity index is 0. The van der Waals surface area contributed by atoms with E-state index in [1.165, 1.54) is 141 Å². The molecule has 17 nitrogen and oxygen atoms in total. The van der Waals surface area contributed by atoms with E-state index in [-0.39, 0.29) is 115 Å². The van der Waals surface area contributed by atoms with Crippen LogP contribution >= 0.6 is 7.82 Å². The summed E-state index contributed by atoms with van der Waals surface area (Å²) in [5.74, 6) is -2.74. The number of phosphoric ester groups is 1. The van der Waals surface area contributed by atoms with E-state index in [0.29, 0.717) is 12.8 Å². The number of nitrogens with one attached hydrogen (secondary N) is 2. The molecule has 0 bridgehead atoms. The van der Waals surface area contributed by atoms with Crippen molar-refractivity contribution in [3.63, 3.8) is 0 Å². The second-order valence-corrected chi connectivity index (χ2v) is 20.5. The Hall–Kier alpha value is -2.21. The predicted octanol–water partition coefficient (Wildman–Crippen LogP) is 7.69. The van der Waals surface area contributed by atoms with Crippen LogP contribution in [0.15, 0.2) is 12.2 Å². The quantitative estimate of drug-likeness (QED) is 0.0196. The summed E-state index contributed by atoms with van der Waals surface area (Å²) < 4.78 is 44.1. The van der Waals surface area contributed by atoms with Crippen molar-refractivity contribution in [3.05, 3.63) is 12.2 Å². The first-order valence-corrected chi connectivity index (χ1v) is 29.6. The van der Waals surface area contributed by atoms with Crippen molar-refractivity contribution in [3.8, 4) is 0 Å². The monoisotopic (exact) mass is 1080 g/mol. The van der Waals surface area contributed by atoms with Gasteiger partial charge in [0.1, 0.15) is 13.2 Å². The van der Waals surface area contributed by atoms with E-state index in [1.807, 2.05) is 0 Å². The van der Waals surface area contributed by atoms with Gasteiger partial charge in [-0.1, -0.05) is 201 Å². The third kappa shape index (κ3) is 47.0. The molecule has 0 saturated heterocycles. The summed E-state index contributed by atoms with van der Waals surface area (Å²) in [6.45, 7) is 3.19. The predicted molar refractivity (Wildman–Crippen MR) is 284 cm³/mol. The molecule has 19 heteroatoms. The maximum atomic E-state index is 12.8. The molecule has 0 spiro atoms. The third-order valence-electron chi connectivity index (χ3n) is 12.4. The number of carbonyl (C=O) groups is 6. The van der Waals surface area contributed by atoms with Crippen LogP contribution in [0.25, 0.3) is 0 Å². The second-order valence-electron chi connectivity index (χ2n) is 19.0. The Morgan fingerprint density at radius 3 is 1.41 bits per heavy atom. The summed E-state index contributed by atoms with van der Waals surface area (Å²) in [5.41, 5.74) is 0. The summed E-state index contributed by atoms with van der Waals surface area (Å²) in [4.78, 5) is 86.2. The van der Waals surface area contributed by atoms with Crippen molar-refractivity contribution < 1.29 is 95.8 Å². The third-order valence-corrected chi connectivity index (χ3v) is 13.4. The number of carbonyl (C=O) groups excluding carboxylic acids is 6. The molecular formula is C55H101N3NaO14P. The molecular weight excluding hydrogens is 981 g/mol. The van der Waals surface area contributed by atoms with Gasteiger partial charge in [0.15, 0.2) is 6.10 Å². The van der Waals surface area contributed by atoms with E-state index in [2.05, 4.69) is 24.5 Å². The topological polar surface area (TPSA) is 225 Å². The summed E-state index contributed by atoms with van der Waals surface area (Å²) in [6, 6.07) is 0. The van der Waals surface area contributed by atoms with Crippen LogP contribution in [0.3, 0.4) is 0 Å². The van der Waals surface area contributed by atoms with Crippen LogP contribution in [0, 0.1) is 0 Å². The Bertz CT molecular complexity index is 1490. The minimum absolute atomic E-state index is 0. The molecule has 1 heterocycles. The van der Waals surface area contributed by atoms with E-state index in [0.717, 1.165) is 55.6 Å². The molecule has 0 aromatic heterocycles. The van der Waals surface area contributed by atoms with Gasteiger partial charge in [-0.25, -0.2) is 0 Å². The van der Waals surface area contributed by atoms with Crippen LogP contribution < -0.4 is 45.1 Å². The summed E-state index contributed by atoms with van der Waals surface area (Å²) in [5, 5.41) is 5.09. The Labute approximate surface area is 469 Å². The molecule has 0 aromatic rings. The first kappa shape index (κ1) is 73.9. The zero-order valence-corrected chi connectivity index (χ0v) is 48.6. The van der Waals surface area contributed by atoms with Crippen molar-refractivity contribution in [1.82, 2.24) is 15.5 Å². The minimum Gasteiger partial charge on any atom is -0.756 e. The smallest absolute Gasteiger partial charge is 0.756 e. The average molecular weight is 1080 g/mol. The number of rotatable bonds is 53. The zero-order chi connectivity index (χ0) is 52.6. The van der Waals surface area contributed by atoms with Crippen LogP contribution in [-0.4, -0.2) is 112 Å². The fraction of sp³-hybridized carbons (Fsp3) is 0.855. The van der Waals surface area contributed by atoms with Gasteiger partial charge in [-0.05, 0) is 12.8 Å². The van der Waals surface area contributed by atoms with Gasteiger partial charge in [-0.15, -0.1) is 0 Å². The molecule has 1 aliphatic rings. The standard InChI is InChI=1S/C54H98N3O14P.CH4.Na/c1-3-5-7-9-11-13-15-17-19-21-23-25-27-29-31-33-53(62)68-45-48(71-54(63)34-32-30-28-26-24-22-20-18-16-14-12-10-8-6-4-2)46-70-72(64,65)69-42-39-56-50(59)47-67-44-43-66-41-38-55-49(58)37-40-57-51(60)35-36-52(57)61;;/h35-36,48H,3-34,37-47H2,1-2H3,(H,55,58)(H,56,59)(H,64,65);1H4;/q;;+1/p-1/t48-;;/m1../s1. The Morgan fingerprint density at radius 1 is 0.527 bits per heavy atom. The van der Waals surface area contributed by atoms with Gasteiger partial charge in [0.25, 0.3) is 19.6 Å². The fourth-order valence-electron chi connectivity index (χ4n) is 8.11. The van der Waals surface area contributed by atoms with Crippen molar-refractivity contribution in [1.29, 1.82) is 0 Å². The van der Waals surface area contributed by atoms with E-state index in [9.17, 15) is 38.2 Å². The van der Waals surface area contributed by atoms with E-state index >= 15 is 0 Å². The summed E-state index contributed by atoms with van der Waals surface area (Å²) in [6.07, 6.45) is 37.7. The molecule has 4 amide bonds. The number of amides is 4. The first-order valence-electron chi connectivity index (χ1n) is 28.1. The van der Waals surface area contributed by atoms with Crippen molar-refractivity contribution in [2.75, 3.05) is 65.9 Å². The number of hydrogen-bond donors (Lipinski definition) is 2. The molecule has 1 rings (SSSR count). The molecule has 0 aliphatic carbocycles. The van der Waals surface area contributed by atoms with Crippen molar-refractivity contribution in [2.45, 2.75) is 239 Å². The van der Waals surface area contributed by atoms with Crippen LogP contribution in [0.1, 0.15) is 233 Å². The van der Waals surface area contributed by atoms with Gasteiger partial charge in [0.2, 0.25) is 11.8 Å². The summed E-state index contributed by atoms with van der Waals surface area (Å²) in [7, 11) is -4.90. The van der Waals surface area contributed by atoms with Gasteiger partial charge >= 0.3 is 41.5 Å². The summed E-state index contributed by atoms with van der Waals surface area (Å²) >= 11 is 0. The molecule has 2 N–H and O–H groups in total. The van der Waals surface area contributed by atoms with Crippen molar-refractivity contribution >= 4 is 43.4 Å². The molecule has 1 unspecified atom stereocenters. The normalized spacial score (nSPS) is 13.3. The number of esters is 2. The first-order chi connectivity index (χ1) is 35.0. The van der Waals surface area contributed by atoms with Crippen LogP contribution in [0.5, 0.6) is 0 Å². The Kier molecular flexibility index (Phi) is 52.7.